The first kappa shape index (κ1) is 19.0. The SMILES string of the molecule is Cc1ccc(CN2CC[C@@H]3[C@@H](CCC(=O)N3CC3CCCCC3)C2)c(C)c1. The van der Waals surface area contributed by atoms with Crippen molar-refractivity contribution in [1.82, 2.24) is 9.80 Å². The van der Waals surface area contributed by atoms with Gasteiger partial charge in [-0.25, -0.2) is 0 Å². The van der Waals surface area contributed by atoms with Gasteiger partial charge in [-0.15, -0.1) is 0 Å². The second kappa shape index (κ2) is 8.34. The predicted molar refractivity (Wildman–Crippen MR) is 111 cm³/mol. The van der Waals surface area contributed by atoms with Crippen LogP contribution in [-0.4, -0.2) is 41.4 Å². The zero-order chi connectivity index (χ0) is 18.8. The Morgan fingerprint density at radius 1 is 1.04 bits per heavy atom. The molecule has 1 aromatic rings. The van der Waals surface area contributed by atoms with Crippen LogP contribution < -0.4 is 0 Å². The van der Waals surface area contributed by atoms with Crippen LogP contribution >= 0.6 is 0 Å². The summed E-state index contributed by atoms with van der Waals surface area (Å²) in [5.41, 5.74) is 4.22. The Bertz CT molecular complexity index is 664. The molecule has 1 saturated carbocycles. The van der Waals surface area contributed by atoms with Crippen molar-refractivity contribution in [2.24, 2.45) is 11.8 Å². The normalized spacial score (nSPS) is 27.6. The number of aryl methyl sites for hydroxylation is 2. The highest BCUT2D eigenvalue weighted by Gasteiger charge is 2.40. The molecule has 2 atom stereocenters. The summed E-state index contributed by atoms with van der Waals surface area (Å²) in [6.07, 6.45) is 9.81. The maximum absolute atomic E-state index is 12.7. The summed E-state index contributed by atoms with van der Waals surface area (Å²) in [6.45, 7) is 8.79. The highest BCUT2D eigenvalue weighted by Crippen LogP contribution is 2.34. The van der Waals surface area contributed by atoms with Crippen LogP contribution in [0.5, 0.6) is 0 Å². The Labute approximate surface area is 165 Å². The number of hydrogen-bond donors (Lipinski definition) is 0. The minimum Gasteiger partial charge on any atom is -0.339 e. The third-order valence-electron chi connectivity index (χ3n) is 7.30. The lowest BCUT2D eigenvalue weighted by Crippen LogP contribution is -2.56. The van der Waals surface area contributed by atoms with Crippen molar-refractivity contribution in [2.75, 3.05) is 19.6 Å². The number of fused-ring (bicyclic) bond motifs is 1. The molecule has 3 heteroatoms. The van der Waals surface area contributed by atoms with Crippen molar-refractivity contribution < 1.29 is 4.79 Å². The number of piperidine rings is 2. The van der Waals surface area contributed by atoms with Crippen molar-refractivity contribution in [3.63, 3.8) is 0 Å². The fourth-order valence-electron chi connectivity index (χ4n) is 5.72. The van der Waals surface area contributed by atoms with E-state index in [9.17, 15) is 4.79 Å². The number of nitrogens with zero attached hydrogens (tertiary/aromatic N) is 2. The number of benzene rings is 1. The first-order valence-corrected chi connectivity index (χ1v) is 11.2. The van der Waals surface area contributed by atoms with Crippen molar-refractivity contribution in [1.29, 1.82) is 0 Å². The lowest BCUT2D eigenvalue weighted by molar-refractivity contribution is -0.142. The molecule has 0 radical (unpaired) electrons. The highest BCUT2D eigenvalue weighted by molar-refractivity contribution is 5.77. The molecule has 2 heterocycles. The monoisotopic (exact) mass is 368 g/mol. The van der Waals surface area contributed by atoms with Crippen LogP contribution in [0, 0.1) is 25.7 Å². The lowest BCUT2D eigenvalue weighted by atomic mass is 9.81. The largest absolute Gasteiger partial charge is 0.339 e. The summed E-state index contributed by atoms with van der Waals surface area (Å²) in [6, 6.07) is 7.34. The van der Waals surface area contributed by atoms with Crippen molar-refractivity contribution >= 4 is 5.91 Å². The van der Waals surface area contributed by atoms with Gasteiger partial charge in [-0.3, -0.25) is 9.69 Å². The highest BCUT2D eigenvalue weighted by atomic mass is 16.2. The van der Waals surface area contributed by atoms with Crippen LogP contribution in [0.25, 0.3) is 0 Å². The molecule has 0 N–H and O–H groups in total. The Morgan fingerprint density at radius 2 is 1.85 bits per heavy atom. The van der Waals surface area contributed by atoms with Crippen LogP contribution in [0.15, 0.2) is 18.2 Å². The number of amides is 1. The molecule has 3 aliphatic rings. The zero-order valence-corrected chi connectivity index (χ0v) is 17.3. The summed E-state index contributed by atoms with van der Waals surface area (Å²) in [7, 11) is 0. The van der Waals surface area contributed by atoms with Gasteiger partial charge in [-0.05, 0) is 62.5 Å². The summed E-state index contributed by atoms with van der Waals surface area (Å²) >= 11 is 0. The van der Waals surface area contributed by atoms with Crippen LogP contribution in [0.3, 0.4) is 0 Å². The molecule has 4 rings (SSSR count). The van der Waals surface area contributed by atoms with Crippen LogP contribution in [-0.2, 0) is 11.3 Å². The molecule has 2 saturated heterocycles. The zero-order valence-electron chi connectivity index (χ0n) is 17.3. The summed E-state index contributed by atoms with van der Waals surface area (Å²) in [5.74, 6) is 1.87. The second-order valence-electron chi connectivity index (χ2n) is 9.37. The molecule has 0 spiro atoms. The molecule has 27 heavy (non-hydrogen) atoms. The predicted octanol–water partition coefficient (Wildman–Crippen LogP) is 4.70. The van der Waals surface area contributed by atoms with E-state index < -0.39 is 0 Å². The molecule has 148 valence electrons. The molecule has 3 fully saturated rings. The molecule has 1 aromatic carbocycles. The van der Waals surface area contributed by atoms with E-state index in [-0.39, 0.29) is 0 Å². The Balaban J connectivity index is 1.38. The molecule has 0 aromatic heterocycles. The average molecular weight is 369 g/mol. The standard InChI is InChI=1S/C24H36N2O/c1-18-8-9-21(19(2)14-18)16-25-13-12-23-22(17-25)10-11-24(27)26(23)15-20-6-4-3-5-7-20/h8-9,14,20,22-23H,3-7,10-13,15-17H2,1-2H3/t22-,23+/m0/s1. The van der Waals surface area contributed by atoms with Gasteiger partial charge in [0.25, 0.3) is 0 Å². The first-order chi connectivity index (χ1) is 13.1. The number of rotatable bonds is 4. The van der Waals surface area contributed by atoms with E-state index >= 15 is 0 Å². The lowest BCUT2D eigenvalue weighted by Gasteiger charge is -2.48. The summed E-state index contributed by atoms with van der Waals surface area (Å²) < 4.78 is 0. The Hall–Kier alpha value is -1.35. The number of carbonyl (C=O) groups excluding carboxylic acids is 1. The number of carbonyl (C=O) groups is 1. The van der Waals surface area contributed by atoms with Gasteiger partial charge in [-0.2, -0.15) is 0 Å². The maximum atomic E-state index is 12.7. The Kier molecular flexibility index (Phi) is 5.87. The van der Waals surface area contributed by atoms with Gasteiger partial charge in [0.15, 0.2) is 0 Å². The van der Waals surface area contributed by atoms with E-state index in [0.717, 1.165) is 51.4 Å². The molecule has 0 bridgehead atoms. The smallest absolute Gasteiger partial charge is 0.222 e. The van der Waals surface area contributed by atoms with Crippen molar-refractivity contribution in [3.05, 3.63) is 34.9 Å². The maximum Gasteiger partial charge on any atom is 0.222 e. The van der Waals surface area contributed by atoms with E-state index in [1.165, 1.54) is 48.8 Å². The summed E-state index contributed by atoms with van der Waals surface area (Å²) in [5, 5.41) is 0. The average Bonchev–Trinajstić information content (AvgIpc) is 2.67. The van der Waals surface area contributed by atoms with E-state index in [4.69, 9.17) is 0 Å². The molecular weight excluding hydrogens is 332 g/mol. The molecule has 1 aliphatic carbocycles. The second-order valence-corrected chi connectivity index (χ2v) is 9.37. The molecule has 3 nitrogen and oxygen atoms in total. The third kappa shape index (κ3) is 4.39. The van der Waals surface area contributed by atoms with Gasteiger partial charge in [-0.1, -0.05) is 43.0 Å². The number of hydrogen-bond acceptors (Lipinski definition) is 2. The molecular formula is C24H36N2O. The fourth-order valence-corrected chi connectivity index (χ4v) is 5.72. The van der Waals surface area contributed by atoms with Crippen LogP contribution in [0.1, 0.15) is 68.1 Å². The van der Waals surface area contributed by atoms with Gasteiger partial charge in [0.1, 0.15) is 0 Å². The van der Waals surface area contributed by atoms with Crippen LogP contribution in [0.4, 0.5) is 0 Å². The van der Waals surface area contributed by atoms with Gasteiger partial charge in [0.2, 0.25) is 5.91 Å². The topological polar surface area (TPSA) is 23.6 Å². The molecule has 2 aliphatic heterocycles. The van der Waals surface area contributed by atoms with Gasteiger partial charge in [0, 0.05) is 38.6 Å². The van der Waals surface area contributed by atoms with Crippen LogP contribution in [0.2, 0.25) is 0 Å². The minimum absolute atomic E-state index is 0.435. The van der Waals surface area contributed by atoms with Gasteiger partial charge in [0.05, 0.1) is 0 Å². The van der Waals surface area contributed by atoms with Crippen molar-refractivity contribution in [3.8, 4) is 0 Å². The van der Waals surface area contributed by atoms with Gasteiger partial charge < -0.3 is 4.90 Å². The van der Waals surface area contributed by atoms with E-state index in [1.54, 1.807) is 0 Å². The number of likely N-dealkylation sites (tertiary alicyclic amines) is 2. The van der Waals surface area contributed by atoms with Gasteiger partial charge >= 0.3 is 0 Å². The summed E-state index contributed by atoms with van der Waals surface area (Å²) in [4.78, 5) is 17.6. The first-order valence-electron chi connectivity index (χ1n) is 11.2. The van der Waals surface area contributed by atoms with E-state index in [0.29, 0.717) is 17.9 Å². The Morgan fingerprint density at radius 3 is 2.63 bits per heavy atom. The van der Waals surface area contributed by atoms with E-state index in [2.05, 4.69) is 41.8 Å². The molecule has 1 amide bonds. The van der Waals surface area contributed by atoms with Crippen molar-refractivity contribution in [2.45, 2.75) is 77.8 Å². The third-order valence-corrected chi connectivity index (χ3v) is 7.30. The molecule has 0 unspecified atom stereocenters. The quantitative estimate of drug-likeness (QED) is 0.769. The van der Waals surface area contributed by atoms with E-state index in [1.807, 2.05) is 0 Å². The fraction of sp³-hybridized carbons (Fsp3) is 0.708. The minimum atomic E-state index is 0.435.